The highest BCUT2D eigenvalue weighted by atomic mass is 15.3. The van der Waals surface area contributed by atoms with Gasteiger partial charge >= 0.3 is 0 Å². The predicted molar refractivity (Wildman–Crippen MR) is 164 cm³/mol. The van der Waals surface area contributed by atoms with Crippen molar-refractivity contribution >= 4 is 27.8 Å². The Morgan fingerprint density at radius 3 is 2.05 bits per heavy atom. The zero-order chi connectivity index (χ0) is 27.2. The number of nitrogens with zero attached hydrogens (tertiary/aromatic N) is 5. The van der Waals surface area contributed by atoms with Gasteiger partial charge in [0, 0.05) is 30.9 Å². The summed E-state index contributed by atoms with van der Waals surface area (Å²) < 4.78 is 1.96. The summed E-state index contributed by atoms with van der Waals surface area (Å²) in [4.78, 5) is 16.1. The number of benzene rings is 4. The maximum absolute atomic E-state index is 5.35. The van der Waals surface area contributed by atoms with Crippen LogP contribution in [-0.2, 0) is 0 Å². The second-order valence-electron chi connectivity index (χ2n) is 10.2. The molecule has 0 saturated heterocycles. The van der Waals surface area contributed by atoms with E-state index in [0.29, 0.717) is 0 Å². The Morgan fingerprint density at radius 1 is 0.675 bits per heavy atom. The molecule has 40 heavy (non-hydrogen) atoms. The van der Waals surface area contributed by atoms with Crippen molar-refractivity contribution in [3.8, 4) is 39.5 Å². The highest BCUT2D eigenvalue weighted by Gasteiger charge is 2.26. The van der Waals surface area contributed by atoms with Gasteiger partial charge in [-0.3, -0.25) is 0 Å². The third-order valence-electron chi connectivity index (χ3n) is 7.34. The summed E-state index contributed by atoms with van der Waals surface area (Å²) in [5.74, 6) is 0.785. The number of aryl methyl sites for hydroxylation is 1. The molecule has 6 nitrogen and oxygen atoms in total. The Hall–Kier alpha value is -5.23. The van der Waals surface area contributed by atoms with Gasteiger partial charge in [0.05, 0.1) is 39.1 Å². The minimum absolute atomic E-state index is 0.785. The van der Waals surface area contributed by atoms with Crippen molar-refractivity contribution in [2.75, 3.05) is 19.0 Å². The van der Waals surface area contributed by atoms with Gasteiger partial charge in [-0.05, 0) is 48.9 Å². The molecule has 0 aliphatic carbocycles. The number of aromatic amines is 1. The van der Waals surface area contributed by atoms with Crippen LogP contribution in [0.15, 0.2) is 109 Å². The van der Waals surface area contributed by atoms with Crippen molar-refractivity contribution in [3.63, 3.8) is 0 Å². The lowest BCUT2D eigenvalue weighted by Gasteiger charge is -2.17. The lowest BCUT2D eigenvalue weighted by atomic mass is 9.92. The van der Waals surface area contributed by atoms with Crippen molar-refractivity contribution in [2.24, 2.45) is 0 Å². The zero-order valence-corrected chi connectivity index (χ0v) is 22.6. The van der Waals surface area contributed by atoms with Crippen molar-refractivity contribution in [2.45, 2.75) is 6.92 Å². The minimum Gasteiger partial charge on any atom is -0.378 e. The lowest BCUT2D eigenvalue weighted by molar-refractivity contribution is 0.878. The fourth-order valence-corrected chi connectivity index (χ4v) is 5.39. The van der Waals surface area contributed by atoms with Gasteiger partial charge in [0.25, 0.3) is 0 Å². The number of para-hydroxylation sites is 3. The van der Waals surface area contributed by atoms with E-state index in [1.807, 2.05) is 47.1 Å². The van der Waals surface area contributed by atoms with Gasteiger partial charge in [-0.2, -0.15) is 5.10 Å². The summed E-state index contributed by atoms with van der Waals surface area (Å²) in [6.07, 6.45) is 0. The largest absolute Gasteiger partial charge is 0.378 e. The first-order valence-corrected chi connectivity index (χ1v) is 13.4. The minimum atomic E-state index is 0.785. The van der Waals surface area contributed by atoms with Crippen LogP contribution in [0.1, 0.15) is 5.69 Å². The summed E-state index contributed by atoms with van der Waals surface area (Å²) in [5, 5.41) is 6.03. The predicted octanol–water partition coefficient (Wildman–Crippen LogP) is 7.67. The van der Waals surface area contributed by atoms with Crippen LogP contribution in [0.5, 0.6) is 0 Å². The van der Waals surface area contributed by atoms with Crippen LogP contribution in [0.25, 0.3) is 61.5 Å². The number of aromatic nitrogens is 5. The van der Waals surface area contributed by atoms with E-state index >= 15 is 0 Å². The highest BCUT2D eigenvalue weighted by Crippen LogP contribution is 2.44. The highest BCUT2D eigenvalue weighted by molar-refractivity contribution is 6.07. The van der Waals surface area contributed by atoms with Crippen molar-refractivity contribution in [1.29, 1.82) is 0 Å². The number of imidazole rings is 1. The number of anilines is 1. The van der Waals surface area contributed by atoms with Gasteiger partial charge in [-0.1, -0.05) is 72.8 Å². The van der Waals surface area contributed by atoms with Gasteiger partial charge in [0.2, 0.25) is 0 Å². The molecule has 7 aromatic rings. The molecule has 4 aromatic carbocycles. The van der Waals surface area contributed by atoms with Crippen LogP contribution in [0.3, 0.4) is 0 Å². The van der Waals surface area contributed by atoms with E-state index in [9.17, 15) is 0 Å². The molecule has 0 fully saturated rings. The first-order valence-electron chi connectivity index (χ1n) is 13.4. The van der Waals surface area contributed by atoms with Crippen LogP contribution in [0.2, 0.25) is 0 Å². The SMILES string of the molecule is Cc1nn(-c2ccccc2)c2nc(-c3ccccc3)c(-c3nc4ccccc4[nH]3)c(-c3ccc(N(C)C)cc3)c12. The number of hydrogen-bond donors (Lipinski definition) is 1. The van der Waals surface area contributed by atoms with E-state index in [4.69, 9.17) is 15.1 Å². The molecule has 0 spiro atoms. The summed E-state index contributed by atoms with van der Waals surface area (Å²) in [6.45, 7) is 2.06. The fraction of sp³-hybridized carbons (Fsp3) is 0.0882. The lowest BCUT2D eigenvalue weighted by Crippen LogP contribution is -2.08. The molecule has 1 N–H and O–H groups in total. The molecule has 194 valence electrons. The molecule has 0 aliphatic rings. The topological polar surface area (TPSA) is 62.6 Å². The first kappa shape index (κ1) is 23.9. The van der Waals surface area contributed by atoms with E-state index in [1.165, 1.54) is 0 Å². The van der Waals surface area contributed by atoms with Crippen LogP contribution in [-0.4, -0.2) is 38.8 Å². The molecule has 6 heteroatoms. The number of rotatable bonds is 5. The molecule has 0 bridgehead atoms. The maximum atomic E-state index is 5.35. The van der Waals surface area contributed by atoms with Crippen LogP contribution >= 0.6 is 0 Å². The monoisotopic (exact) mass is 520 g/mol. The maximum Gasteiger partial charge on any atom is 0.164 e. The van der Waals surface area contributed by atoms with Crippen LogP contribution in [0, 0.1) is 6.92 Å². The molecule has 0 radical (unpaired) electrons. The molecule has 0 amide bonds. The number of hydrogen-bond acceptors (Lipinski definition) is 4. The molecule has 7 rings (SSSR count). The van der Waals surface area contributed by atoms with E-state index in [2.05, 4.69) is 97.6 Å². The Balaban J connectivity index is 1.64. The number of fused-ring (bicyclic) bond motifs is 2. The summed E-state index contributed by atoms with van der Waals surface area (Å²) >= 11 is 0. The molecule has 3 aromatic heterocycles. The van der Waals surface area contributed by atoms with E-state index in [1.54, 1.807) is 0 Å². The van der Waals surface area contributed by atoms with Gasteiger partial charge in [0.15, 0.2) is 5.65 Å². The van der Waals surface area contributed by atoms with Gasteiger partial charge in [-0.15, -0.1) is 0 Å². The van der Waals surface area contributed by atoms with Gasteiger partial charge in [-0.25, -0.2) is 14.6 Å². The molecule has 0 unspecified atom stereocenters. The normalized spacial score (nSPS) is 11.4. The second kappa shape index (κ2) is 9.50. The quantitative estimate of drug-likeness (QED) is 0.253. The third kappa shape index (κ3) is 3.93. The van der Waals surface area contributed by atoms with Crippen molar-refractivity contribution in [3.05, 3.63) is 115 Å². The van der Waals surface area contributed by atoms with E-state index < -0.39 is 0 Å². The number of pyridine rings is 1. The van der Waals surface area contributed by atoms with E-state index in [0.717, 1.165) is 72.9 Å². The van der Waals surface area contributed by atoms with Gasteiger partial charge in [0.1, 0.15) is 5.82 Å². The Morgan fingerprint density at radius 2 is 1.35 bits per heavy atom. The van der Waals surface area contributed by atoms with Crippen LogP contribution in [0.4, 0.5) is 5.69 Å². The number of H-pyrrole nitrogens is 1. The molecular weight excluding hydrogens is 492 g/mol. The Kier molecular flexibility index (Phi) is 5.67. The summed E-state index contributed by atoms with van der Waals surface area (Å²) in [6, 6.07) is 37.4. The zero-order valence-electron chi connectivity index (χ0n) is 22.6. The molecule has 3 heterocycles. The van der Waals surface area contributed by atoms with Crippen LogP contribution < -0.4 is 4.90 Å². The standard InChI is InChI=1S/C34H28N6/c1-22-29-30(23-18-20-25(21-19-23)39(2)3)31(33-35-27-16-10-11-17-28(27)36-33)32(24-12-6-4-7-13-24)37-34(29)40(38-22)26-14-8-5-9-15-26/h4-21H,1-3H3,(H,35,36). The summed E-state index contributed by atoms with van der Waals surface area (Å²) in [5.41, 5.74) is 10.7. The number of nitrogens with one attached hydrogen (secondary N) is 1. The van der Waals surface area contributed by atoms with Gasteiger partial charge < -0.3 is 9.88 Å². The Bertz CT molecular complexity index is 1930. The van der Waals surface area contributed by atoms with Crippen molar-refractivity contribution < 1.29 is 0 Å². The molecule has 0 atom stereocenters. The second-order valence-corrected chi connectivity index (χ2v) is 10.2. The molecule has 0 saturated carbocycles. The summed E-state index contributed by atoms with van der Waals surface area (Å²) in [7, 11) is 4.11. The van der Waals surface area contributed by atoms with Crippen molar-refractivity contribution in [1.82, 2.24) is 24.7 Å². The first-order chi connectivity index (χ1) is 19.6. The average Bonchev–Trinajstić information content (AvgIpc) is 3.58. The fourth-order valence-electron chi connectivity index (χ4n) is 5.39. The smallest absolute Gasteiger partial charge is 0.164 e. The molecule has 0 aliphatic heterocycles. The Labute approximate surface area is 232 Å². The average molecular weight is 521 g/mol. The third-order valence-corrected chi connectivity index (χ3v) is 7.34. The molecular formula is C34H28N6. The van der Waals surface area contributed by atoms with E-state index in [-0.39, 0.29) is 0 Å².